The summed E-state index contributed by atoms with van der Waals surface area (Å²) >= 11 is 0. The third-order valence-electron chi connectivity index (χ3n) is 1.92. The largest absolute Gasteiger partial charge is 0.418 e. The molecule has 0 saturated heterocycles. The van der Waals surface area contributed by atoms with Crippen LogP contribution in [0.15, 0.2) is 48.7 Å². The molecule has 1 N–H and O–H groups in total. The van der Waals surface area contributed by atoms with Gasteiger partial charge in [0.25, 0.3) is 0 Å². The number of nitrogens with zero attached hydrogens (tertiary/aromatic N) is 1. The van der Waals surface area contributed by atoms with Crippen molar-refractivity contribution in [3.05, 3.63) is 54.5 Å². The Morgan fingerprint density at radius 1 is 1.18 bits per heavy atom. The van der Waals surface area contributed by atoms with Crippen LogP contribution in [0.1, 0.15) is 0 Å². The summed E-state index contributed by atoms with van der Waals surface area (Å²) in [6, 6.07) is 10.3. The molecule has 17 heavy (non-hydrogen) atoms. The van der Waals surface area contributed by atoms with Crippen molar-refractivity contribution in [2.75, 3.05) is 5.32 Å². The molecular formula is C12H9FN2O2. The molecule has 0 saturated carbocycles. The second kappa shape index (κ2) is 5.07. The van der Waals surface area contributed by atoms with Gasteiger partial charge in [0.1, 0.15) is 17.4 Å². The lowest BCUT2D eigenvalue weighted by atomic mass is 10.3. The molecule has 4 nitrogen and oxygen atoms in total. The maximum atomic E-state index is 12.6. The molecule has 0 fully saturated rings. The first kappa shape index (κ1) is 11.1. The van der Waals surface area contributed by atoms with Gasteiger partial charge in [-0.15, -0.1) is 0 Å². The Hall–Kier alpha value is -2.43. The Bertz CT molecular complexity index is 500. The maximum Gasteiger partial charge on any atom is 0.418 e. The van der Waals surface area contributed by atoms with Gasteiger partial charge >= 0.3 is 6.09 Å². The number of benzene rings is 1. The van der Waals surface area contributed by atoms with Gasteiger partial charge in [-0.1, -0.05) is 6.07 Å². The van der Waals surface area contributed by atoms with Gasteiger partial charge < -0.3 is 4.74 Å². The molecule has 2 aromatic rings. The molecule has 0 aliphatic carbocycles. The first-order chi connectivity index (χ1) is 8.24. The van der Waals surface area contributed by atoms with Crippen molar-refractivity contribution in [1.82, 2.24) is 4.98 Å². The third-order valence-corrected chi connectivity index (χ3v) is 1.92. The second-order valence-electron chi connectivity index (χ2n) is 3.18. The van der Waals surface area contributed by atoms with Crippen LogP contribution in [0, 0.1) is 5.82 Å². The fourth-order valence-electron chi connectivity index (χ4n) is 1.18. The van der Waals surface area contributed by atoms with E-state index in [1.54, 1.807) is 24.4 Å². The maximum absolute atomic E-state index is 12.6. The molecule has 1 heterocycles. The number of ether oxygens (including phenoxy) is 1. The Morgan fingerprint density at radius 3 is 2.59 bits per heavy atom. The summed E-state index contributed by atoms with van der Waals surface area (Å²) in [4.78, 5) is 15.3. The molecule has 0 aliphatic heterocycles. The monoisotopic (exact) mass is 232 g/mol. The number of carbonyl (C=O) groups is 1. The molecule has 5 heteroatoms. The van der Waals surface area contributed by atoms with Gasteiger partial charge in [0, 0.05) is 6.20 Å². The number of aromatic nitrogens is 1. The summed E-state index contributed by atoms with van der Waals surface area (Å²) in [6.45, 7) is 0. The molecule has 0 bridgehead atoms. The predicted molar refractivity (Wildman–Crippen MR) is 60.3 cm³/mol. The quantitative estimate of drug-likeness (QED) is 0.866. The van der Waals surface area contributed by atoms with Crippen LogP contribution in [0.4, 0.5) is 15.0 Å². The minimum atomic E-state index is -0.671. The Balaban J connectivity index is 1.96. The van der Waals surface area contributed by atoms with Gasteiger partial charge in [-0.3, -0.25) is 5.32 Å². The van der Waals surface area contributed by atoms with Crippen molar-refractivity contribution >= 4 is 11.9 Å². The zero-order chi connectivity index (χ0) is 12.1. The van der Waals surface area contributed by atoms with Crippen molar-refractivity contribution in [3.8, 4) is 5.75 Å². The molecular weight excluding hydrogens is 223 g/mol. The molecule has 0 spiro atoms. The summed E-state index contributed by atoms with van der Waals surface area (Å²) in [7, 11) is 0. The van der Waals surface area contributed by atoms with E-state index in [0.717, 1.165) is 0 Å². The lowest BCUT2D eigenvalue weighted by Gasteiger charge is -2.05. The normalized spacial score (nSPS) is 9.71. The van der Waals surface area contributed by atoms with Crippen LogP contribution in [0.5, 0.6) is 5.75 Å². The minimum Gasteiger partial charge on any atom is -0.410 e. The second-order valence-corrected chi connectivity index (χ2v) is 3.18. The third kappa shape index (κ3) is 3.27. The van der Waals surface area contributed by atoms with Crippen LogP contribution in [0.2, 0.25) is 0 Å². The number of hydrogen-bond donors (Lipinski definition) is 1. The van der Waals surface area contributed by atoms with Gasteiger partial charge in [-0.25, -0.2) is 14.2 Å². The smallest absolute Gasteiger partial charge is 0.410 e. The van der Waals surface area contributed by atoms with Crippen LogP contribution < -0.4 is 10.1 Å². The number of nitrogens with one attached hydrogen (secondary N) is 1. The number of halogens is 1. The van der Waals surface area contributed by atoms with E-state index >= 15 is 0 Å². The van der Waals surface area contributed by atoms with Crippen molar-refractivity contribution in [3.63, 3.8) is 0 Å². The van der Waals surface area contributed by atoms with Crippen LogP contribution in [-0.4, -0.2) is 11.1 Å². The SMILES string of the molecule is O=C(Nc1ccccn1)Oc1ccc(F)cc1. The number of carbonyl (C=O) groups excluding carboxylic acids is 1. The zero-order valence-corrected chi connectivity index (χ0v) is 8.76. The van der Waals surface area contributed by atoms with Gasteiger partial charge in [0.05, 0.1) is 0 Å². The van der Waals surface area contributed by atoms with Gasteiger partial charge in [-0.2, -0.15) is 0 Å². The summed E-state index contributed by atoms with van der Waals surface area (Å²) in [5.74, 6) is 0.266. The fourth-order valence-corrected chi connectivity index (χ4v) is 1.18. The van der Waals surface area contributed by atoms with E-state index in [4.69, 9.17) is 4.74 Å². The number of amides is 1. The highest BCUT2D eigenvalue weighted by atomic mass is 19.1. The number of anilines is 1. The molecule has 2 rings (SSSR count). The lowest BCUT2D eigenvalue weighted by Crippen LogP contribution is -2.17. The molecule has 0 aliphatic rings. The van der Waals surface area contributed by atoms with Crippen LogP contribution in [0.3, 0.4) is 0 Å². The van der Waals surface area contributed by atoms with E-state index in [9.17, 15) is 9.18 Å². The van der Waals surface area contributed by atoms with Crippen LogP contribution >= 0.6 is 0 Å². The van der Waals surface area contributed by atoms with Crippen LogP contribution in [-0.2, 0) is 0 Å². The van der Waals surface area contributed by atoms with Gasteiger partial charge in [0.2, 0.25) is 0 Å². The van der Waals surface area contributed by atoms with E-state index in [1.807, 2.05) is 0 Å². The summed E-state index contributed by atoms with van der Waals surface area (Å²) in [5, 5.41) is 2.44. The first-order valence-corrected chi connectivity index (χ1v) is 4.89. The number of rotatable bonds is 2. The number of hydrogen-bond acceptors (Lipinski definition) is 3. The van der Waals surface area contributed by atoms with Crippen molar-refractivity contribution < 1.29 is 13.9 Å². The molecule has 86 valence electrons. The lowest BCUT2D eigenvalue weighted by molar-refractivity contribution is 0.215. The van der Waals surface area contributed by atoms with E-state index in [2.05, 4.69) is 10.3 Å². The van der Waals surface area contributed by atoms with E-state index in [-0.39, 0.29) is 11.6 Å². The van der Waals surface area contributed by atoms with Crippen molar-refractivity contribution in [2.24, 2.45) is 0 Å². The Morgan fingerprint density at radius 2 is 1.94 bits per heavy atom. The van der Waals surface area contributed by atoms with Crippen molar-refractivity contribution in [2.45, 2.75) is 0 Å². The molecule has 1 amide bonds. The minimum absolute atomic E-state index is 0.264. The molecule has 0 unspecified atom stereocenters. The molecule has 1 aromatic heterocycles. The van der Waals surface area contributed by atoms with Gasteiger partial charge in [0.15, 0.2) is 0 Å². The summed E-state index contributed by atoms with van der Waals surface area (Å²) < 4.78 is 17.5. The highest BCUT2D eigenvalue weighted by Gasteiger charge is 2.05. The van der Waals surface area contributed by atoms with Crippen molar-refractivity contribution in [1.29, 1.82) is 0 Å². The fraction of sp³-hybridized carbons (Fsp3) is 0. The molecule has 1 aromatic carbocycles. The highest BCUT2D eigenvalue weighted by Crippen LogP contribution is 2.12. The first-order valence-electron chi connectivity index (χ1n) is 4.89. The Labute approximate surface area is 97.1 Å². The summed E-state index contributed by atoms with van der Waals surface area (Å²) in [5.41, 5.74) is 0. The summed E-state index contributed by atoms with van der Waals surface area (Å²) in [6.07, 6.45) is 0.878. The van der Waals surface area contributed by atoms with E-state index in [0.29, 0.717) is 5.82 Å². The Kier molecular flexibility index (Phi) is 3.30. The van der Waals surface area contributed by atoms with E-state index < -0.39 is 6.09 Å². The number of pyridine rings is 1. The molecule has 0 atom stereocenters. The average molecular weight is 232 g/mol. The predicted octanol–water partition coefficient (Wildman–Crippen LogP) is 2.83. The van der Waals surface area contributed by atoms with Crippen LogP contribution in [0.25, 0.3) is 0 Å². The standard InChI is InChI=1S/C12H9FN2O2/c13-9-4-6-10(7-5-9)17-12(16)15-11-3-1-2-8-14-11/h1-8H,(H,14,15,16). The van der Waals surface area contributed by atoms with Gasteiger partial charge in [-0.05, 0) is 36.4 Å². The average Bonchev–Trinajstić information content (AvgIpc) is 2.33. The topological polar surface area (TPSA) is 51.2 Å². The molecule has 0 radical (unpaired) electrons. The highest BCUT2D eigenvalue weighted by molar-refractivity contribution is 5.84. The van der Waals surface area contributed by atoms with E-state index in [1.165, 1.54) is 24.3 Å². The zero-order valence-electron chi connectivity index (χ0n) is 8.76.